The third-order valence-electron chi connectivity index (χ3n) is 3.57. The number of amides is 2. The van der Waals surface area contributed by atoms with E-state index in [0.29, 0.717) is 29.2 Å². The third kappa shape index (κ3) is 5.83. The fourth-order valence-electron chi connectivity index (χ4n) is 2.13. The average molecular weight is 393 g/mol. The first-order chi connectivity index (χ1) is 13.2. The van der Waals surface area contributed by atoms with E-state index in [-0.39, 0.29) is 5.69 Å². The first-order valence-electron chi connectivity index (χ1n) is 8.27. The number of hydrazone groups is 1. The average Bonchev–Trinajstić information content (AvgIpc) is 2.66. The Labute approximate surface area is 159 Å². The van der Waals surface area contributed by atoms with Gasteiger partial charge >= 0.3 is 12.1 Å². The molecule has 0 aromatic heterocycles. The van der Waals surface area contributed by atoms with Crippen LogP contribution in [0.3, 0.4) is 0 Å². The van der Waals surface area contributed by atoms with Gasteiger partial charge in [0, 0.05) is 11.3 Å². The zero-order valence-corrected chi connectivity index (χ0v) is 15.1. The molecule has 6 nitrogen and oxygen atoms in total. The van der Waals surface area contributed by atoms with E-state index in [2.05, 4.69) is 10.5 Å². The summed E-state index contributed by atoms with van der Waals surface area (Å²) in [6, 6.07) is 12.1. The summed E-state index contributed by atoms with van der Waals surface area (Å²) in [6.07, 6.45) is -4.96. The number of ether oxygens (including phenoxy) is 1. The van der Waals surface area contributed by atoms with Crippen molar-refractivity contribution in [3.8, 4) is 5.75 Å². The molecule has 148 valence electrons. The molecular formula is C19H18F3N3O3. The van der Waals surface area contributed by atoms with Gasteiger partial charge in [0.15, 0.2) is 0 Å². The van der Waals surface area contributed by atoms with E-state index < -0.39 is 18.0 Å². The van der Waals surface area contributed by atoms with E-state index in [9.17, 15) is 22.8 Å². The van der Waals surface area contributed by atoms with Crippen LogP contribution in [0.25, 0.3) is 0 Å². The Bertz CT molecular complexity index is 861. The number of alkyl halides is 3. The lowest BCUT2D eigenvalue weighted by molar-refractivity contribution is -0.167. The smallest absolute Gasteiger partial charge is 0.471 e. The topological polar surface area (TPSA) is 79.8 Å². The van der Waals surface area contributed by atoms with Gasteiger partial charge in [0.1, 0.15) is 5.75 Å². The summed E-state index contributed by atoms with van der Waals surface area (Å²) in [5, 5.41) is 5.73. The molecule has 2 aromatic rings. The normalized spacial score (nSPS) is 11.7. The van der Waals surface area contributed by atoms with Crippen LogP contribution < -0.4 is 15.5 Å². The molecule has 0 fully saturated rings. The quantitative estimate of drug-likeness (QED) is 0.580. The van der Waals surface area contributed by atoms with E-state index in [1.54, 1.807) is 36.5 Å². The molecule has 2 rings (SSSR count). The molecule has 0 aliphatic rings. The van der Waals surface area contributed by atoms with Crippen molar-refractivity contribution in [3.63, 3.8) is 0 Å². The molecule has 0 bridgehead atoms. The van der Waals surface area contributed by atoms with E-state index >= 15 is 0 Å². The summed E-state index contributed by atoms with van der Waals surface area (Å²) in [5.41, 5.74) is 3.80. The molecule has 28 heavy (non-hydrogen) atoms. The Kier molecular flexibility index (Phi) is 6.75. The zero-order valence-electron chi connectivity index (χ0n) is 15.1. The summed E-state index contributed by atoms with van der Waals surface area (Å²) in [7, 11) is 0. The molecule has 0 spiro atoms. The highest BCUT2D eigenvalue weighted by molar-refractivity contribution is 6.01. The molecule has 9 heteroatoms. The fraction of sp³-hybridized carbons (Fsp3) is 0.211. The first-order valence-corrected chi connectivity index (χ1v) is 8.27. The summed E-state index contributed by atoms with van der Waals surface area (Å²) in [5.74, 6) is -1.82. The van der Waals surface area contributed by atoms with Gasteiger partial charge in [-0.3, -0.25) is 9.59 Å². The molecule has 0 radical (unpaired) electrons. The van der Waals surface area contributed by atoms with Gasteiger partial charge < -0.3 is 10.1 Å². The predicted octanol–water partition coefficient (Wildman–Crippen LogP) is 3.74. The van der Waals surface area contributed by atoms with E-state index in [1.807, 2.05) is 6.92 Å². The summed E-state index contributed by atoms with van der Waals surface area (Å²) < 4.78 is 42.0. The van der Waals surface area contributed by atoms with Crippen LogP contribution in [-0.2, 0) is 4.79 Å². The Hall–Kier alpha value is -3.36. The van der Waals surface area contributed by atoms with Crippen LogP contribution in [0, 0.1) is 0 Å². The second kappa shape index (κ2) is 9.03. The molecule has 0 aliphatic carbocycles. The maximum atomic E-state index is 12.2. The zero-order chi connectivity index (χ0) is 20.7. The molecule has 0 atom stereocenters. The predicted molar refractivity (Wildman–Crippen MR) is 98.4 cm³/mol. The maximum absolute atomic E-state index is 12.2. The summed E-state index contributed by atoms with van der Waals surface area (Å²) in [4.78, 5) is 23.0. The molecule has 2 aromatic carbocycles. The van der Waals surface area contributed by atoms with Crippen molar-refractivity contribution in [1.82, 2.24) is 5.43 Å². The first kappa shape index (κ1) is 20.9. The van der Waals surface area contributed by atoms with E-state index in [0.717, 1.165) is 0 Å². The Morgan fingerprint density at radius 3 is 2.11 bits per heavy atom. The fourth-order valence-corrected chi connectivity index (χ4v) is 2.13. The van der Waals surface area contributed by atoms with E-state index in [1.165, 1.54) is 24.3 Å². The van der Waals surface area contributed by atoms with Gasteiger partial charge in [-0.25, -0.2) is 5.43 Å². The second-order valence-electron chi connectivity index (χ2n) is 5.62. The number of halogens is 3. The van der Waals surface area contributed by atoms with Crippen molar-refractivity contribution < 1.29 is 27.5 Å². The highest BCUT2D eigenvalue weighted by atomic mass is 19.4. The van der Waals surface area contributed by atoms with Gasteiger partial charge in [0.05, 0.1) is 12.3 Å². The minimum Gasteiger partial charge on any atom is -0.494 e. The molecule has 0 aliphatic heterocycles. The van der Waals surface area contributed by atoms with Crippen molar-refractivity contribution in [3.05, 3.63) is 59.7 Å². The van der Waals surface area contributed by atoms with Crippen molar-refractivity contribution in [1.29, 1.82) is 0 Å². The number of rotatable bonds is 6. The van der Waals surface area contributed by atoms with Gasteiger partial charge in [-0.2, -0.15) is 18.3 Å². The molecule has 2 amide bonds. The lowest BCUT2D eigenvalue weighted by Gasteiger charge is -2.09. The van der Waals surface area contributed by atoms with Crippen LogP contribution in [0.5, 0.6) is 5.75 Å². The lowest BCUT2D eigenvalue weighted by Crippen LogP contribution is -2.29. The van der Waals surface area contributed by atoms with Crippen LogP contribution in [-0.4, -0.2) is 30.3 Å². The molecule has 2 N–H and O–H groups in total. The van der Waals surface area contributed by atoms with Gasteiger partial charge in [0.25, 0.3) is 5.91 Å². The minimum atomic E-state index is -4.96. The summed E-state index contributed by atoms with van der Waals surface area (Å²) in [6.45, 7) is 4.00. The number of carbonyl (C=O) groups is 2. The molecular weight excluding hydrogens is 375 g/mol. The van der Waals surface area contributed by atoms with Crippen molar-refractivity contribution >= 4 is 23.2 Å². The van der Waals surface area contributed by atoms with Crippen LogP contribution in [0.1, 0.15) is 29.8 Å². The van der Waals surface area contributed by atoms with Gasteiger partial charge in [-0.05, 0) is 55.8 Å². The highest BCUT2D eigenvalue weighted by Gasteiger charge is 2.38. The number of anilines is 1. The Morgan fingerprint density at radius 2 is 1.57 bits per heavy atom. The van der Waals surface area contributed by atoms with Crippen molar-refractivity contribution in [2.24, 2.45) is 5.10 Å². The number of hydrogen-bond donors (Lipinski definition) is 2. The molecule has 0 saturated heterocycles. The van der Waals surface area contributed by atoms with Crippen LogP contribution in [0.4, 0.5) is 18.9 Å². The minimum absolute atomic E-state index is 0.00250. The Morgan fingerprint density at radius 1 is 1.00 bits per heavy atom. The SMILES string of the molecule is CCOc1ccc(C(=O)N/N=C(\C)c2ccc(NC(=O)C(F)(F)F)cc2)cc1. The number of nitrogens with zero attached hydrogens (tertiary/aromatic N) is 1. The lowest BCUT2D eigenvalue weighted by atomic mass is 10.1. The van der Waals surface area contributed by atoms with Gasteiger partial charge in [-0.15, -0.1) is 0 Å². The summed E-state index contributed by atoms with van der Waals surface area (Å²) >= 11 is 0. The number of carbonyl (C=O) groups excluding carboxylic acids is 2. The maximum Gasteiger partial charge on any atom is 0.471 e. The van der Waals surface area contributed by atoms with E-state index in [4.69, 9.17) is 4.74 Å². The number of benzene rings is 2. The Balaban J connectivity index is 1.99. The monoisotopic (exact) mass is 393 g/mol. The van der Waals surface area contributed by atoms with Gasteiger partial charge in [-0.1, -0.05) is 12.1 Å². The largest absolute Gasteiger partial charge is 0.494 e. The van der Waals surface area contributed by atoms with Crippen molar-refractivity contribution in [2.75, 3.05) is 11.9 Å². The number of hydrogen-bond acceptors (Lipinski definition) is 4. The highest BCUT2D eigenvalue weighted by Crippen LogP contribution is 2.18. The van der Waals surface area contributed by atoms with Crippen LogP contribution in [0.15, 0.2) is 53.6 Å². The third-order valence-corrected chi connectivity index (χ3v) is 3.57. The second-order valence-corrected chi connectivity index (χ2v) is 5.62. The standard InChI is InChI=1S/C19H18F3N3O3/c1-3-28-16-10-6-14(7-11-16)17(26)25-24-12(2)13-4-8-15(9-5-13)23-18(27)19(20,21)22/h4-11H,3H2,1-2H3,(H,23,27)(H,25,26)/b24-12+. The van der Waals surface area contributed by atoms with Gasteiger partial charge in [0.2, 0.25) is 0 Å². The molecule has 0 saturated carbocycles. The molecule has 0 unspecified atom stereocenters. The van der Waals surface area contributed by atoms with Crippen molar-refractivity contribution in [2.45, 2.75) is 20.0 Å². The van der Waals surface area contributed by atoms with Crippen LogP contribution in [0.2, 0.25) is 0 Å². The van der Waals surface area contributed by atoms with Crippen LogP contribution >= 0.6 is 0 Å². The molecule has 0 heterocycles. The number of nitrogens with one attached hydrogen (secondary N) is 2.